The Hall–Kier alpha value is -0.0731. The number of rotatable bonds is 2. The first-order chi connectivity index (χ1) is 7.16. The van der Waals surface area contributed by atoms with Crippen molar-refractivity contribution in [1.82, 2.24) is 0 Å². The van der Waals surface area contributed by atoms with Gasteiger partial charge >= 0.3 is 6.18 Å². The number of alkyl halides is 3. The molecule has 0 bridgehead atoms. The van der Waals surface area contributed by atoms with Crippen LogP contribution in [-0.4, -0.2) is 26.9 Å². The predicted molar refractivity (Wildman–Crippen MR) is 57.6 cm³/mol. The smallest absolute Gasteiger partial charge is 0.384 e. The largest absolute Gasteiger partial charge is 0.442 e. The van der Waals surface area contributed by atoms with Crippen LogP contribution < -0.4 is 0 Å². The summed E-state index contributed by atoms with van der Waals surface area (Å²) in [5.74, 6) is -2.35. The minimum absolute atomic E-state index is 0.0826. The van der Waals surface area contributed by atoms with E-state index in [-0.39, 0.29) is 13.0 Å². The molecule has 1 heterocycles. The Kier molecular flexibility index (Phi) is 4.07. The minimum Gasteiger partial charge on any atom is -0.384 e. The van der Waals surface area contributed by atoms with E-state index >= 15 is 0 Å². The molecule has 0 N–H and O–H groups in total. The van der Waals surface area contributed by atoms with Crippen molar-refractivity contribution in [1.29, 1.82) is 0 Å². The molecule has 1 atom stereocenters. The Bertz CT molecular complexity index is 227. The van der Waals surface area contributed by atoms with Crippen LogP contribution in [0.4, 0.5) is 13.2 Å². The maximum Gasteiger partial charge on any atom is 0.442 e. The lowest BCUT2D eigenvalue weighted by Crippen LogP contribution is -2.54. The highest BCUT2D eigenvalue weighted by Gasteiger charge is 2.59. The van der Waals surface area contributed by atoms with Crippen molar-refractivity contribution in [3.8, 4) is 0 Å². The third kappa shape index (κ3) is 3.46. The summed E-state index contributed by atoms with van der Waals surface area (Å²) in [4.78, 5) is 0. The first kappa shape index (κ1) is 14.0. The third-order valence-corrected chi connectivity index (χ3v) is 3.33. The Balaban J connectivity index is 2.91. The zero-order chi connectivity index (χ0) is 12.4. The van der Waals surface area contributed by atoms with E-state index in [1.54, 1.807) is 19.6 Å². The van der Waals surface area contributed by atoms with Crippen molar-refractivity contribution < 1.29 is 22.3 Å². The van der Waals surface area contributed by atoms with Crippen LogP contribution in [0.2, 0.25) is 19.6 Å². The Morgan fingerprint density at radius 3 is 2.25 bits per heavy atom. The third-order valence-electron chi connectivity index (χ3n) is 2.39. The van der Waals surface area contributed by atoms with Crippen LogP contribution in [-0.2, 0) is 9.16 Å². The molecule has 0 aromatic rings. The quantitative estimate of drug-likeness (QED) is 0.702. The van der Waals surface area contributed by atoms with E-state index in [2.05, 4.69) is 0 Å². The Morgan fingerprint density at radius 2 is 1.75 bits per heavy atom. The molecular weight excluding hydrogens is 237 g/mol. The van der Waals surface area contributed by atoms with E-state index in [1.165, 1.54) is 0 Å². The molecule has 0 amide bonds. The van der Waals surface area contributed by atoms with Crippen molar-refractivity contribution in [3.63, 3.8) is 0 Å². The monoisotopic (exact) mass is 256 g/mol. The normalized spacial score (nSPS) is 28.9. The molecule has 0 spiro atoms. The van der Waals surface area contributed by atoms with Gasteiger partial charge in [-0.25, -0.2) is 0 Å². The van der Waals surface area contributed by atoms with Gasteiger partial charge in [0, 0.05) is 6.42 Å². The predicted octanol–water partition coefficient (Wildman–Crippen LogP) is 3.69. The van der Waals surface area contributed by atoms with E-state index < -0.39 is 20.3 Å². The van der Waals surface area contributed by atoms with Crippen molar-refractivity contribution in [2.75, 3.05) is 6.61 Å². The van der Waals surface area contributed by atoms with Crippen molar-refractivity contribution in [3.05, 3.63) is 0 Å². The number of hydrogen-bond acceptors (Lipinski definition) is 2. The molecule has 0 aliphatic carbocycles. The standard InChI is InChI=1S/C10H19F3O2Si/c1-16(2,3)15-9(10(11,12)13)7-5-4-6-8-14-9/h4-8H2,1-3H3. The second-order valence-corrected chi connectivity index (χ2v) is 9.55. The van der Waals surface area contributed by atoms with Crippen molar-refractivity contribution >= 4 is 8.32 Å². The highest BCUT2D eigenvalue weighted by Crippen LogP contribution is 2.42. The second kappa shape index (κ2) is 4.66. The van der Waals surface area contributed by atoms with Crippen molar-refractivity contribution in [2.24, 2.45) is 0 Å². The summed E-state index contributed by atoms with van der Waals surface area (Å²) in [6.45, 7) is 5.36. The molecule has 16 heavy (non-hydrogen) atoms. The van der Waals surface area contributed by atoms with E-state index in [0.29, 0.717) is 12.8 Å². The summed E-state index contributed by atoms with van der Waals surface area (Å²) < 4.78 is 49.6. The summed E-state index contributed by atoms with van der Waals surface area (Å²) in [7, 11) is -2.29. The van der Waals surface area contributed by atoms with Gasteiger partial charge in [0.15, 0.2) is 8.32 Å². The van der Waals surface area contributed by atoms with Gasteiger partial charge in [0.25, 0.3) is 5.79 Å². The maximum atomic E-state index is 13.1. The zero-order valence-corrected chi connectivity index (χ0v) is 11.0. The highest BCUT2D eigenvalue weighted by molar-refractivity contribution is 6.69. The summed E-state index contributed by atoms with van der Waals surface area (Å²) >= 11 is 0. The average Bonchev–Trinajstić information content (AvgIpc) is 2.26. The average molecular weight is 256 g/mol. The van der Waals surface area contributed by atoms with Gasteiger partial charge in [-0.15, -0.1) is 0 Å². The molecule has 0 aromatic heterocycles. The fraction of sp³-hybridized carbons (Fsp3) is 1.00. The number of ether oxygens (including phenoxy) is 1. The van der Waals surface area contributed by atoms with Crippen molar-refractivity contribution in [2.45, 2.75) is 57.3 Å². The molecule has 2 nitrogen and oxygen atoms in total. The van der Waals surface area contributed by atoms with Crippen LogP contribution in [0.3, 0.4) is 0 Å². The summed E-state index contributed by atoms with van der Waals surface area (Å²) in [5, 5.41) is 0. The van der Waals surface area contributed by atoms with E-state index in [9.17, 15) is 13.2 Å². The molecule has 0 radical (unpaired) electrons. The number of hydrogen-bond donors (Lipinski definition) is 0. The van der Waals surface area contributed by atoms with Gasteiger partial charge in [0.1, 0.15) is 0 Å². The summed E-state index contributed by atoms with van der Waals surface area (Å²) in [6, 6.07) is 0. The fourth-order valence-corrected chi connectivity index (χ4v) is 3.07. The molecule has 6 heteroatoms. The van der Waals surface area contributed by atoms with Gasteiger partial charge in [-0.05, 0) is 32.5 Å². The SMILES string of the molecule is C[Si](C)(C)OC1(C(F)(F)F)CCCCCO1. The zero-order valence-electron chi connectivity index (χ0n) is 9.99. The molecule has 1 aliphatic heterocycles. The van der Waals surface area contributed by atoms with Crippen LogP contribution in [0.25, 0.3) is 0 Å². The molecule has 0 saturated carbocycles. The van der Waals surface area contributed by atoms with Gasteiger partial charge in [-0.2, -0.15) is 13.2 Å². The molecule has 1 rings (SSSR count). The number of halogens is 3. The van der Waals surface area contributed by atoms with Crippen LogP contribution in [0.15, 0.2) is 0 Å². The second-order valence-electron chi connectivity index (χ2n) is 5.12. The van der Waals surface area contributed by atoms with E-state index in [4.69, 9.17) is 9.16 Å². The highest BCUT2D eigenvalue weighted by atomic mass is 28.4. The molecule has 1 saturated heterocycles. The first-order valence-electron chi connectivity index (χ1n) is 5.57. The molecule has 1 aliphatic rings. The first-order valence-corrected chi connectivity index (χ1v) is 8.98. The molecule has 1 unspecified atom stereocenters. The lowest BCUT2D eigenvalue weighted by Gasteiger charge is -2.39. The van der Waals surface area contributed by atoms with Crippen LogP contribution in [0.1, 0.15) is 25.7 Å². The van der Waals surface area contributed by atoms with Gasteiger partial charge in [0.2, 0.25) is 0 Å². The fourth-order valence-electron chi connectivity index (χ4n) is 1.80. The Labute approximate surface area is 95.2 Å². The molecule has 0 aromatic carbocycles. The van der Waals surface area contributed by atoms with Crippen LogP contribution >= 0.6 is 0 Å². The topological polar surface area (TPSA) is 18.5 Å². The van der Waals surface area contributed by atoms with Crippen LogP contribution in [0.5, 0.6) is 0 Å². The maximum absolute atomic E-state index is 13.1. The Morgan fingerprint density at radius 1 is 1.12 bits per heavy atom. The van der Waals surface area contributed by atoms with Gasteiger partial charge in [-0.3, -0.25) is 0 Å². The van der Waals surface area contributed by atoms with Crippen LogP contribution in [0, 0.1) is 0 Å². The molecule has 1 fully saturated rings. The minimum atomic E-state index is -4.45. The lowest BCUT2D eigenvalue weighted by atomic mass is 10.1. The molecular formula is C10H19F3O2Si. The van der Waals surface area contributed by atoms with Gasteiger partial charge < -0.3 is 9.16 Å². The molecule has 96 valence electrons. The summed E-state index contributed by atoms with van der Waals surface area (Å²) in [6.07, 6.45) is -2.58. The van der Waals surface area contributed by atoms with Gasteiger partial charge in [0.05, 0.1) is 6.61 Å². The van der Waals surface area contributed by atoms with Gasteiger partial charge in [-0.1, -0.05) is 6.42 Å². The lowest BCUT2D eigenvalue weighted by molar-refractivity contribution is -0.356. The summed E-state index contributed by atoms with van der Waals surface area (Å²) in [5.41, 5.74) is 0. The van der Waals surface area contributed by atoms with E-state index in [0.717, 1.165) is 6.42 Å². The van der Waals surface area contributed by atoms with E-state index in [1.807, 2.05) is 0 Å².